The molecule has 0 aromatic rings. The van der Waals surface area contributed by atoms with Crippen LogP contribution in [0.15, 0.2) is 0 Å². The van der Waals surface area contributed by atoms with Gasteiger partial charge in [-0.3, -0.25) is 0 Å². The van der Waals surface area contributed by atoms with Crippen LogP contribution in [0.25, 0.3) is 0 Å². The van der Waals surface area contributed by atoms with E-state index in [9.17, 15) is 0 Å². The van der Waals surface area contributed by atoms with Gasteiger partial charge in [-0.05, 0) is 0 Å². The molecule has 0 aromatic heterocycles. The van der Waals surface area contributed by atoms with E-state index in [1.54, 1.807) is 0 Å². The third-order valence-electron chi connectivity index (χ3n) is 0. The van der Waals surface area contributed by atoms with Gasteiger partial charge in [0.1, 0.15) is 0 Å². The molecule has 4 heavy (non-hydrogen) atoms. The van der Waals surface area contributed by atoms with E-state index in [0.717, 1.165) is 5.75 Å². The van der Waals surface area contributed by atoms with Crippen molar-refractivity contribution in [1.29, 1.82) is 0 Å². The molecule has 0 fully saturated rings. The van der Waals surface area contributed by atoms with E-state index in [2.05, 4.69) is 11.6 Å². The molecule has 0 aliphatic carbocycles. The van der Waals surface area contributed by atoms with Gasteiger partial charge in [0.25, 0.3) is 0 Å². The Kier molecular flexibility index (Phi) is 3480. The SMILES string of the molecule is O=[C-]Cl.[Rf]. The van der Waals surface area contributed by atoms with Crippen LogP contribution >= 0.6 is 11.6 Å². The molecule has 0 aliphatic rings. The molecule has 0 radical (unpaired) electrons. The summed E-state index contributed by atoms with van der Waals surface area (Å²) in [6.45, 7) is 0. The second-order valence-electron chi connectivity index (χ2n) is 0.0772. The van der Waals surface area contributed by atoms with Crippen molar-refractivity contribution < 1.29 is 4.79 Å². The molecule has 0 unspecified atom stereocenters. The van der Waals surface area contributed by atoms with Gasteiger partial charge >= 0.3 is 0 Å². The Morgan fingerprint density at radius 3 is 1.75 bits per heavy atom. The van der Waals surface area contributed by atoms with E-state index in [4.69, 9.17) is 4.79 Å². The predicted octanol–water partition coefficient (Wildman–Crippen LogP) is 0.292. The Balaban J connectivity index is 0. The first-order chi connectivity index (χ1) is 1.41. The minimum absolute atomic E-state index is 0. The maximum Gasteiger partial charge on any atom is 0 e. The largest absolute Gasteiger partial charge is 0.525 e. The summed E-state index contributed by atoms with van der Waals surface area (Å²) < 4.78 is 0. The minimum Gasteiger partial charge on any atom is -0.525 e. The first-order valence-corrected chi connectivity index (χ1v) is 0.771. The summed E-state index contributed by atoms with van der Waals surface area (Å²) in [5, 5.41) is 0. The van der Waals surface area contributed by atoms with Gasteiger partial charge < -0.3 is 16.4 Å². The summed E-state index contributed by atoms with van der Waals surface area (Å²) in [6.07, 6.45) is 0. The van der Waals surface area contributed by atoms with Gasteiger partial charge in [-0.1, -0.05) is 0 Å². The van der Waals surface area contributed by atoms with Gasteiger partial charge in [0.15, 0.2) is 0 Å². The summed E-state index contributed by atoms with van der Waals surface area (Å²) in [4.78, 5) is 8.45. The summed E-state index contributed by atoms with van der Waals surface area (Å²) in [7, 11) is 0. The summed E-state index contributed by atoms with van der Waals surface area (Å²) in [5.41, 5.74) is 0. The Labute approximate surface area is 23.2 Å². The van der Waals surface area contributed by atoms with Crippen LogP contribution in [0.3, 0.4) is 0 Å². The molecule has 0 spiro atoms. The van der Waals surface area contributed by atoms with Crippen LogP contribution in [0.1, 0.15) is 0 Å². The second-order valence-corrected chi connectivity index (χ2v) is 0.231. The fourth-order valence-corrected chi connectivity index (χ4v) is 0. The fraction of sp³-hybridized carbons (Fsp3) is 0. The third-order valence-corrected chi connectivity index (χ3v) is 0. The molecule has 0 saturated heterocycles. The molecular formula is CClORf-. The average Bonchev–Trinajstić information content (AvgIpc) is 0.918. The van der Waals surface area contributed by atoms with Crippen molar-refractivity contribution in [3.8, 4) is 0 Å². The van der Waals surface area contributed by atoms with Gasteiger partial charge in [-0.25, -0.2) is 0 Å². The van der Waals surface area contributed by atoms with Crippen LogP contribution in [0.5, 0.6) is 0 Å². The van der Waals surface area contributed by atoms with Crippen molar-refractivity contribution in [3.63, 3.8) is 0 Å². The first kappa shape index (κ1) is 12.3. The number of halogens is 1. The van der Waals surface area contributed by atoms with E-state index in [-0.39, 0.29) is 0 Å². The van der Waals surface area contributed by atoms with Crippen molar-refractivity contribution >= 4 is 17.3 Å². The molecule has 0 rings (SSSR count). The van der Waals surface area contributed by atoms with Crippen LogP contribution in [0.4, 0.5) is 0 Å². The van der Waals surface area contributed by atoms with Crippen molar-refractivity contribution in [2.75, 3.05) is 0 Å². The average molecular weight is 330 g/mol. The summed E-state index contributed by atoms with van der Waals surface area (Å²) >= 11 is 4.19. The smallest absolute Gasteiger partial charge is 0 e. The van der Waals surface area contributed by atoms with Crippen molar-refractivity contribution in [2.45, 2.75) is 0 Å². The van der Waals surface area contributed by atoms with Crippen LogP contribution in [-0.4, -0.2) is 5.75 Å². The van der Waals surface area contributed by atoms with E-state index in [1.165, 1.54) is 0 Å². The van der Waals surface area contributed by atoms with Crippen molar-refractivity contribution in [2.24, 2.45) is 0 Å². The monoisotopic (exact) mass is 330 g/mol. The molecule has 0 heterocycles. The van der Waals surface area contributed by atoms with E-state index in [0.29, 0.717) is 0 Å². The molecule has 3 heteroatoms. The molecule has 0 N–H and O–H groups in total. The molecule has 0 atom stereocenters. The van der Waals surface area contributed by atoms with E-state index in [1.807, 2.05) is 0 Å². The zero-order valence-electron chi connectivity index (χ0n) is 1.99. The van der Waals surface area contributed by atoms with Gasteiger partial charge in [-0.15, -0.1) is 0 Å². The van der Waals surface area contributed by atoms with Gasteiger partial charge in [0.05, 0.1) is 0 Å². The molecule has 1 nitrogen and oxygen atoms in total. The fourth-order valence-electron chi connectivity index (χ4n) is 0. The van der Waals surface area contributed by atoms with Crippen LogP contribution < -0.4 is 0 Å². The van der Waals surface area contributed by atoms with Gasteiger partial charge in [0, 0.05) is 0 Å². The molecule has 0 saturated carbocycles. The Morgan fingerprint density at radius 2 is 1.75 bits per heavy atom. The summed E-state index contributed by atoms with van der Waals surface area (Å²) in [5.74, 6) is 0.972. The number of carbonyl (C=O) groups excluding carboxylic acids is 1. The molecule has 20 valence electrons. The number of rotatable bonds is 0. The third kappa shape index (κ3) is 0.00142. The molecule has 0 amide bonds. The van der Waals surface area contributed by atoms with E-state index < -0.39 is 0 Å². The normalized spacial score (nSPS) is 3.25. The molecular weight excluding hydrogens is 330 g/mol. The maximum atomic E-state index is 8.45. The van der Waals surface area contributed by atoms with E-state index >= 15 is 0 Å². The molecule has 0 aromatic carbocycles. The van der Waals surface area contributed by atoms with Crippen molar-refractivity contribution in [1.82, 2.24) is 0 Å². The maximum absolute atomic E-state index is 8.45. The van der Waals surface area contributed by atoms with Gasteiger partial charge in [-0.2, -0.15) is 5.75 Å². The zero-order valence-corrected chi connectivity index (χ0v) is 9.15. The summed E-state index contributed by atoms with van der Waals surface area (Å²) in [6, 6.07) is 0. The van der Waals surface area contributed by atoms with Crippen LogP contribution in [0.2, 0.25) is 0 Å². The van der Waals surface area contributed by atoms with Crippen LogP contribution in [0, 0.1) is 0 Å². The second kappa shape index (κ2) is 1130. The number of hydrogen-bond acceptors (Lipinski definition) is 1. The minimum atomic E-state index is 0. The standard InChI is InChI=1S/CClO.Rf/c2-1-3;/q-1;. The quantitative estimate of drug-likeness (QED) is 0.461. The Bertz CT molecular complexity index is 15.5. The predicted molar refractivity (Wildman–Crippen MR) is 11.5 cm³/mol. The van der Waals surface area contributed by atoms with Crippen molar-refractivity contribution in [3.05, 3.63) is 0 Å². The Hall–Kier alpha value is -1.04. The first-order valence-electron chi connectivity index (χ1n) is 0.393. The van der Waals surface area contributed by atoms with Gasteiger partial charge in [0.2, 0.25) is 0 Å². The molecule has 0 aliphatic heterocycles. The van der Waals surface area contributed by atoms with Crippen LogP contribution in [-0.2, 0) is 4.79 Å². The zero-order chi connectivity index (χ0) is 2.71. The Morgan fingerprint density at radius 1 is 1.75 bits per heavy atom. The topological polar surface area (TPSA) is 17.1 Å². The molecule has 0 bridgehead atoms. The number of hydrogen-bond donors (Lipinski definition) is 0.